The highest BCUT2D eigenvalue weighted by Gasteiger charge is 2.26. The fourth-order valence-corrected chi connectivity index (χ4v) is 4.50. The molecule has 0 aliphatic rings. The molecule has 180 valence electrons. The van der Waals surface area contributed by atoms with Crippen LogP contribution in [0.5, 0.6) is 0 Å². The van der Waals surface area contributed by atoms with Gasteiger partial charge >= 0.3 is 0 Å². The second-order valence-corrected chi connectivity index (χ2v) is 10.1. The third-order valence-corrected chi connectivity index (χ3v) is 6.97. The lowest BCUT2D eigenvalue weighted by atomic mass is 10.0. The molecule has 0 saturated heterocycles. The molecule has 2 aromatic carbocycles. The molecule has 0 unspecified atom stereocenters. The average Bonchev–Trinajstić information content (AvgIpc) is 3.12. The topological polar surface area (TPSA) is 88.9 Å². The molecule has 0 aliphatic carbocycles. The van der Waals surface area contributed by atoms with Crippen LogP contribution in [0.25, 0.3) is 0 Å². The van der Waals surface area contributed by atoms with Gasteiger partial charge < -0.3 is 15.2 Å². The fourth-order valence-electron chi connectivity index (χ4n) is 3.29. The van der Waals surface area contributed by atoms with E-state index in [1.54, 1.807) is 16.7 Å². The van der Waals surface area contributed by atoms with E-state index < -0.39 is 6.04 Å². The van der Waals surface area contributed by atoms with Gasteiger partial charge in [-0.3, -0.25) is 9.59 Å². The van der Waals surface area contributed by atoms with Gasteiger partial charge in [-0.25, -0.2) is 0 Å². The zero-order valence-electron chi connectivity index (χ0n) is 19.6. The van der Waals surface area contributed by atoms with Gasteiger partial charge in [0.15, 0.2) is 11.0 Å². The number of anilines is 1. The molecule has 2 amide bonds. The molecular weight excluding hydrogens is 493 g/mol. The Bertz CT molecular complexity index is 1210. The van der Waals surface area contributed by atoms with Gasteiger partial charge in [0.25, 0.3) is 5.91 Å². The summed E-state index contributed by atoms with van der Waals surface area (Å²) in [6.45, 7) is 7.99. The number of carbonyl (C=O) groups excluding carboxylic acids is 2. The van der Waals surface area contributed by atoms with Crippen LogP contribution in [0, 0.1) is 19.8 Å². The highest BCUT2D eigenvalue weighted by atomic mass is 35.5. The third-order valence-electron chi connectivity index (χ3n) is 5.40. The van der Waals surface area contributed by atoms with E-state index in [0.29, 0.717) is 21.6 Å². The normalized spacial score (nSPS) is 12.0. The Hall–Kier alpha value is -2.55. The minimum absolute atomic E-state index is 0.0313. The van der Waals surface area contributed by atoms with Crippen molar-refractivity contribution in [1.29, 1.82) is 0 Å². The van der Waals surface area contributed by atoms with Crippen LogP contribution in [0.3, 0.4) is 0 Å². The number of hydrogen-bond acceptors (Lipinski definition) is 5. The SMILES string of the molecule is Cc1ccc(NC(=O)CSc2nnc([C@H](NC(=O)c3ccc(Cl)cc3Cl)C(C)C)n2C)cc1C. The molecule has 0 fully saturated rings. The summed E-state index contributed by atoms with van der Waals surface area (Å²) in [7, 11) is 1.82. The van der Waals surface area contributed by atoms with E-state index in [9.17, 15) is 9.59 Å². The summed E-state index contributed by atoms with van der Waals surface area (Å²) >= 11 is 13.4. The predicted molar refractivity (Wildman–Crippen MR) is 138 cm³/mol. The first kappa shape index (κ1) is 26.1. The fraction of sp³-hybridized carbons (Fsp3) is 0.333. The van der Waals surface area contributed by atoms with Crippen molar-refractivity contribution in [2.75, 3.05) is 11.1 Å². The van der Waals surface area contributed by atoms with E-state index in [1.165, 1.54) is 23.4 Å². The molecule has 0 bridgehead atoms. The van der Waals surface area contributed by atoms with Gasteiger partial charge in [0.1, 0.15) is 0 Å². The highest BCUT2D eigenvalue weighted by molar-refractivity contribution is 7.99. The number of rotatable bonds is 8. The van der Waals surface area contributed by atoms with Crippen molar-refractivity contribution in [3.8, 4) is 0 Å². The molecule has 7 nitrogen and oxygen atoms in total. The van der Waals surface area contributed by atoms with Crippen molar-refractivity contribution in [1.82, 2.24) is 20.1 Å². The van der Waals surface area contributed by atoms with Crippen molar-refractivity contribution in [2.45, 2.75) is 38.9 Å². The second kappa shape index (κ2) is 11.3. The Balaban J connectivity index is 1.68. The number of amides is 2. The molecule has 34 heavy (non-hydrogen) atoms. The lowest BCUT2D eigenvalue weighted by Gasteiger charge is -2.22. The van der Waals surface area contributed by atoms with Crippen LogP contribution >= 0.6 is 35.0 Å². The summed E-state index contributed by atoms with van der Waals surface area (Å²) in [5.74, 6) is 0.335. The number of halogens is 2. The maximum Gasteiger partial charge on any atom is 0.253 e. The number of carbonyl (C=O) groups is 2. The van der Waals surface area contributed by atoms with Crippen molar-refractivity contribution >= 4 is 52.5 Å². The van der Waals surface area contributed by atoms with Gasteiger partial charge in [0.2, 0.25) is 5.91 Å². The number of aryl methyl sites for hydroxylation is 2. The predicted octanol–water partition coefficient (Wildman–Crippen LogP) is 5.60. The Morgan fingerprint density at radius 1 is 1.06 bits per heavy atom. The molecule has 1 heterocycles. The maximum absolute atomic E-state index is 12.9. The first-order valence-electron chi connectivity index (χ1n) is 10.7. The summed E-state index contributed by atoms with van der Waals surface area (Å²) in [5, 5.41) is 15.7. The van der Waals surface area contributed by atoms with Gasteiger partial charge in [-0.05, 0) is 61.2 Å². The standard InChI is InChI=1S/C24H27Cl2N5O2S/c1-13(2)21(28-23(33)18-9-7-16(25)11-19(18)26)22-29-30-24(31(22)5)34-12-20(32)27-17-8-6-14(3)15(4)10-17/h6-11,13,21H,12H2,1-5H3,(H,27,32)(H,28,33)/t21-/m1/s1. The Morgan fingerprint density at radius 3 is 2.44 bits per heavy atom. The van der Waals surface area contributed by atoms with Crippen molar-refractivity contribution < 1.29 is 9.59 Å². The number of hydrogen-bond donors (Lipinski definition) is 2. The zero-order chi connectivity index (χ0) is 25.0. The van der Waals surface area contributed by atoms with Crippen LogP contribution in [0.2, 0.25) is 10.0 Å². The Kier molecular flexibility index (Phi) is 8.62. The monoisotopic (exact) mass is 519 g/mol. The zero-order valence-corrected chi connectivity index (χ0v) is 22.0. The van der Waals surface area contributed by atoms with Crippen LogP contribution in [0.1, 0.15) is 47.2 Å². The van der Waals surface area contributed by atoms with E-state index in [2.05, 4.69) is 20.8 Å². The first-order chi connectivity index (χ1) is 16.1. The number of nitrogens with zero attached hydrogens (tertiary/aromatic N) is 3. The molecule has 10 heteroatoms. The summed E-state index contributed by atoms with van der Waals surface area (Å²) in [4.78, 5) is 25.3. The molecule has 1 atom stereocenters. The third kappa shape index (κ3) is 6.31. The van der Waals surface area contributed by atoms with Crippen molar-refractivity contribution in [3.05, 3.63) is 69.0 Å². The summed E-state index contributed by atoms with van der Waals surface area (Å²) in [6.07, 6.45) is 0. The largest absolute Gasteiger partial charge is 0.342 e. The van der Waals surface area contributed by atoms with Crippen molar-refractivity contribution in [2.24, 2.45) is 13.0 Å². The molecule has 2 N–H and O–H groups in total. The molecule has 0 spiro atoms. The molecule has 1 aromatic heterocycles. The van der Waals surface area contributed by atoms with Crippen molar-refractivity contribution in [3.63, 3.8) is 0 Å². The number of benzene rings is 2. The van der Waals surface area contributed by atoms with Crippen LogP contribution in [-0.4, -0.2) is 32.3 Å². The van der Waals surface area contributed by atoms with Crippen LogP contribution in [0.15, 0.2) is 41.6 Å². The van der Waals surface area contributed by atoms with E-state index in [1.807, 2.05) is 52.9 Å². The molecule has 0 aliphatic heterocycles. The van der Waals surface area contributed by atoms with Crippen LogP contribution < -0.4 is 10.6 Å². The molecule has 0 saturated carbocycles. The summed E-state index contributed by atoms with van der Waals surface area (Å²) < 4.78 is 1.79. The Morgan fingerprint density at radius 2 is 1.79 bits per heavy atom. The number of thioether (sulfide) groups is 1. The van der Waals surface area contributed by atoms with E-state index in [0.717, 1.165) is 11.3 Å². The summed E-state index contributed by atoms with van der Waals surface area (Å²) in [6, 6.07) is 10.1. The van der Waals surface area contributed by atoms with Crippen LogP contribution in [-0.2, 0) is 11.8 Å². The summed E-state index contributed by atoms with van der Waals surface area (Å²) in [5.41, 5.74) is 3.38. The van der Waals surface area contributed by atoms with Gasteiger partial charge in [-0.15, -0.1) is 10.2 Å². The first-order valence-corrected chi connectivity index (χ1v) is 12.5. The van der Waals surface area contributed by atoms with Gasteiger partial charge in [0, 0.05) is 17.8 Å². The molecule has 3 aromatic rings. The Labute approximate surface area is 213 Å². The van der Waals surface area contributed by atoms with E-state index >= 15 is 0 Å². The highest BCUT2D eigenvalue weighted by Crippen LogP contribution is 2.26. The minimum Gasteiger partial charge on any atom is -0.342 e. The van der Waals surface area contributed by atoms with E-state index in [4.69, 9.17) is 23.2 Å². The maximum atomic E-state index is 12.9. The quantitative estimate of drug-likeness (QED) is 0.378. The minimum atomic E-state index is -0.407. The van der Waals surface area contributed by atoms with E-state index in [-0.39, 0.29) is 28.5 Å². The van der Waals surface area contributed by atoms with Gasteiger partial charge in [-0.1, -0.05) is 54.9 Å². The lowest BCUT2D eigenvalue weighted by Crippen LogP contribution is -2.33. The number of nitrogens with one attached hydrogen (secondary N) is 2. The smallest absolute Gasteiger partial charge is 0.253 e. The second-order valence-electron chi connectivity index (χ2n) is 8.35. The number of aromatic nitrogens is 3. The lowest BCUT2D eigenvalue weighted by molar-refractivity contribution is -0.113. The van der Waals surface area contributed by atoms with Gasteiger partial charge in [0.05, 0.1) is 22.4 Å². The average molecular weight is 520 g/mol. The van der Waals surface area contributed by atoms with Gasteiger partial charge in [-0.2, -0.15) is 0 Å². The molecule has 3 rings (SSSR count). The molecular formula is C24H27Cl2N5O2S. The molecule has 0 radical (unpaired) electrons. The van der Waals surface area contributed by atoms with Crippen LogP contribution in [0.4, 0.5) is 5.69 Å².